The predicted octanol–water partition coefficient (Wildman–Crippen LogP) is -0.863. The lowest BCUT2D eigenvalue weighted by molar-refractivity contribution is 0.0635. The highest BCUT2D eigenvalue weighted by Gasteiger charge is 2.22. The van der Waals surface area contributed by atoms with Gasteiger partial charge in [0.25, 0.3) is 5.91 Å². The molecule has 1 aliphatic heterocycles. The molecule has 1 aromatic heterocycles. The van der Waals surface area contributed by atoms with E-state index in [1.165, 1.54) is 0 Å². The molecule has 0 radical (unpaired) electrons. The number of piperazine rings is 1. The fourth-order valence-corrected chi connectivity index (χ4v) is 2.04. The highest BCUT2D eigenvalue weighted by molar-refractivity contribution is 5.92. The molecular formula is C11H19N5O. The molecule has 0 spiro atoms. The Morgan fingerprint density at radius 1 is 1.41 bits per heavy atom. The molecule has 2 rings (SSSR count). The summed E-state index contributed by atoms with van der Waals surface area (Å²) in [5.74, 6) is 0.0259. The lowest BCUT2D eigenvalue weighted by Crippen LogP contribution is -2.49. The Kier molecular flexibility index (Phi) is 3.75. The number of hydrogen-bond donors (Lipinski definition) is 1. The van der Waals surface area contributed by atoms with Crippen LogP contribution in [0.5, 0.6) is 0 Å². The van der Waals surface area contributed by atoms with E-state index in [0.717, 1.165) is 32.7 Å². The van der Waals surface area contributed by atoms with Gasteiger partial charge in [0.2, 0.25) is 0 Å². The quantitative estimate of drug-likeness (QED) is 0.742. The van der Waals surface area contributed by atoms with E-state index in [1.54, 1.807) is 17.1 Å². The summed E-state index contributed by atoms with van der Waals surface area (Å²) in [7, 11) is 1.86. The Labute approximate surface area is 101 Å². The molecule has 1 fully saturated rings. The van der Waals surface area contributed by atoms with Gasteiger partial charge < -0.3 is 15.2 Å². The molecule has 0 aromatic carbocycles. The number of carbonyl (C=O) groups excluding carboxylic acids is 1. The second kappa shape index (κ2) is 5.29. The van der Waals surface area contributed by atoms with Gasteiger partial charge in [0.15, 0.2) is 0 Å². The van der Waals surface area contributed by atoms with E-state index in [-0.39, 0.29) is 5.91 Å². The largest absolute Gasteiger partial charge is 0.340 e. The molecular weight excluding hydrogens is 218 g/mol. The van der Waals surface area contributed by atoms with Crippen LogP contribution in [0.15, 0.2) is 12.5 Å². The van der Waals surface area contributed by atoms with Crippen LogP contribution in [0, 0.1) is 0 Å². The van der Waals surface area contributed by atoms with E-state index >= 15 is 0 Å². The minimum atomic E-state index is 0.0259. The first-order chi connectivity index (χ1) is 8.20. The zero-order valence-electron chi connectivity index (χ0n) is 10.2. The Bertz CT molecular complexity index is 381. The van der Waals surface area contributed by atoms with Gasteiger partial charge in [-0.1, -0.05) is 0 Å². The molecule has 0 saturated carbocycles. The number of hydrogen-bond acceptors (Lipinski definition) is 4. The monoisotopic (exact) mass is 237 g/mol. The molecule has 0 aliphatic carbocycles. The lowest BCUT2D eigenvalue weighted by atomic mass is 10.3. The minimum absolute atomic E-state index is 0.0259. The van der Waals surface area contributed by atoms with Gasteiger partial charge >= 0.3 is 0 Å². The molecule has 94 valence electrons. The van der Waals surface area contributed by atoms with Gasteiger partial charge in [0.05, 0.1) is 6.33 Å². The summed E-state index contributed by atoms with van der Waals surface area (Å²) in [6.45, 7) is 4.90. The summed E-state index contributed by atoms with van der Waals surface area (Å²) in [4.78, 5) is 20.3. The van der Waals surface area contributed by atoms with Crippen LogP contribution >= 0.6 is 0 Å². The third-order valence-electron chi connectivity index (χ3n) is 3.03. The first-order valence-corrected chi connectivity index (χ1v) is 5.90. The van der Waals surface area contributed by atoms with Gasteiger partial charge in [0.1, 0.15) is 5.69 Å². The fourth-order valence-electron chi connectivity index (χ4n) is 2.04. The van der Waals surface area contributed by atoms with Crippen LogP contribution in [0.3, 0.4) is 0 Å². The average Bonchev–Trinajstić information content (AvgIpc) is 2.76. The molecule has 2 N–H and O–H groups in total. The molecule has 17 heavy (non-hydrogen) atoms. The van der Waals surface area contributed by atoms with Crippen molar-refractivity contribution in [2.24, 2.45) is 12.8 Å². The smallest absolute Gasteiger partial charge is 0.274 e. The van der Waals surface area contributed by atoms with Crippen molar-refractivity contribution in [1.82, 2.24) is 19.4 Å². The number of amides is 1. The summed E-state index contributed by atoms with van der Waals surface area (Å²) in [5.41, 5.74) is 6.04. The normalized spacial score (nSPS) is 17.4. The van der Waals surface area contributed by atoms with Gasteiger partial charge in [-0.05, 0) is 0 Å². The van der Waals surface area contributed by atoms with Crippen LogP contribution in [0.25, 0.3) is 0 Å². The number of nitrogens with zero attached hydrogens (tertiary/aromatic N) is 4. The zero-order chi connectivity index (χ0) is 12.3. The SMILES string of the molecule is Cn1cnc(C(=O)N2CCN(CCN)CC2)c1. The number of aromatic nitrogens is 2. The summed E-state index contributed by atoms with van der Waals surface area (Å²) in [6, 6.07) is 0. The number of aryl methyl sites for hydroxylation is 1. The first-order valence-electron chi connectivity index (χ1n) is 5.90. The van der Waals surface area contributed by atoms with Crippen molar-refractivity contribution in [1.29, 1.82) is 0 Å². The van der Waals surface area contributed by atoms with Crippen LogP contribution in [0.1, 0.15) is 10.5 Å². The fraction of sp³-hybridized carbons (Fsp3) is 0.636. The minimum Gasteiger partial charge on any atom is -0.340 e. The highest BCUT2D eigenvalue weighted by Crippen LogP contribution is 2.06. The van der Waals surface area contributed by atoms with Gasteiger partial charge in [-0.3, -0.25) is 9.69 Å². The second-order valence-corrected chi connectivity index (χ2v) is 4.35. The Balaban J connectivity index is 1.90. The van der Waals surface area contributed by atoms with E-state index in [1.807, 2.05) is 11.9 Å². The molecule has 1 saturated heterocycles. The van der Waals surface area contributed by atoms with E-state index < -0.39 is 0 Å². The van der Waals surface area contributed by atoms with Crippen molar-refractivity contribution in [3.63, 3.8) is 0 Å². The van der Waals surface area contributed by atoms with Gasteiger partial charge in [-0.25, -0.2) is 4.98 Å². The predicted molar refractivity (Wildman–Crippen MR) is 64.6 cm³/mol. The van der Waals surface area contributed by atoms with Crippen LogP contribution < -0.4 is 5.73 Å². The van der Waals surface area contributed by atoms with Crippen LogP contribution in [-0.4, -0.2) is 64.5 Å². The molecule has 1 aliphatic rings. The Morgan fingerprint density at radius 3 is 2.65 bits per heavy atom. The van der Waals surface area contributed by atoms with Crippen LogP contribution in [0.2, 0.25) is 0 Å². The van der Waals surface area contributed by atoms with E-state index in [0.29, 0.717) is 12.2 Å². The third-order valence-corrected chi connectivity index (χ3v) is 3.03. The molecule has 1 amide bonds. The van der Waals surface area contributed by atoms with E-state index in [9.17, 15) is 4.79 Å². The topological polar surface area (TPSA) is 67.4 Å². The maximum absolute atomic E-state index is 12.1. The Hall–Kier alpha value is -1.40. The molecule has 1 aromatic rings. The molecule has 6 nitrogen and oxygen atoms in total. The molecule has 0 unspecified atom stereocenters. The van der Waals surface area contributed by atoms with E-state index in [4.69, 9.17) is 5.73 Å². The molecule has 2 heterocycles. The lowest BCUT2D eigenvalue weighted by Gasteiger charge is -2.34. The van der Waals surface area contributed by atoms with Crippen molar-refractivity contribution in [3.05, 3.63) is 18.2 Å². The summed E-state index contributed by atoms with van der Waals surface area (Å²) in [5, 5.41) is 0. The number of rotatable bonds is 3. The molecule has 6 heteroatoms. The number of nitrogens with two attached hydrogens (primary N) is 1. The standard InChI is InChI=1S/C11H19N5O/c1-14-8-10(13-9-14)11(17)16-6-4-15(3-2-12)5-7-16/h8-9H,2-7,12H2,1H3. The number of carbonyl (C=O) groups is 1. The Morgan fingerprint density at radius 2 is 2.12 bits per heavy atom. The molecule has 0 atom stereocenters. The van der Waals surface area contributed by atoms with Crippen LogP contribution in [0.4, 0.5) is 0 Å². The maximum atomic E-state index is 12.1. The average molecular weight is 237 g/mol. The second-order valence-electron chi connectivity index (χ2n) is 4.35. The first kappa shape index (κ1) is 12.1. The highest BCUT2D eigenvalue weighted by atomic mass is 16.2. The van der Waals surface area contributed by atoms with Crippen molar-refractivity contribution in [2.45, 2.75) is 0 Å². The molecule has 0 bridgehead atoms. The number of imidazole rings is 1. The summed E-state index contributed by atoms with van der Waals surface area (Å²) >= 11 is 0. The van der Waals surface area contributed by atoms with E-state index in [2.05, 4.69) is 9.88 Å². The summed E-state index contributed by atoms with van der Waals surface area (Å²) < 4.78 is 1.79. The zero-order valence-corrected chi connectivity index (χ0v) is 10.2. The van der Waals surface area contributed by atoms with Gasteiger partial charge in [-0.15, -0.1) is 0 Å². The van der Waals surface area contributed by atoms with Gasteiger partial charge in [-0.2, -0.15) is 0 Å². The van der Waals surface area contributed by atoms with Crippen molar-refractivity contribution >= 4 is 5.91 Å². The summed E-state index contributed by atoms with van der Waals surface area (Å²) in [6.07, 6.45) is 3.41. The van der Waals surface area contributed by atoms with Crippen molar-refractivity contribution in [2.75, 3.05) is 39.3 Å². The van der Waals surface area contributed by atoms with Crippen molar-refractivity contribution < 1.29 is 4.79 Å². The van der Waals surface area contributed by atoms with Crippen LogP contribution in [-0.2, 0) is 7.05 Å². The van der Waals surface area contributed by atoms with Gasteiger partial charge in [0, 0.05) is 52.5 Å². The maximum Gasteiger partial charge on any atom is 0.274 e. The van der Waals surface area contributed by atoms with Crippen molar-refractivity contribution in [3.8, 4) is 0 Å². The third kappa shape index (κ3) is 2.83.